The normalized spacial score (nSPS) is 15.0. The summed E-state index contributed by atoms with van der Waals surface area (Å²) in [7, 11) is 0. The number of esters is 1. The summed E-state index contributed by atoms with van der Waals surface area (Å²) in [6.07, 6.45) is 0. The number of para-hydroxylation sites is 1. The van der Waals surface area contributed by atoms with Gasteiger partial charge in [0, 0.05) is 29.2 Å². The number of quaternary nitrogens is 1. The van der Waals surface area contributed by atoms with E-state index in [1.54, 1.807) is 24.3 Å². The minimum absolute atomic E-state index is 0.160. The molecule has 0 aromatic heterocycles. The summed E-state index contributed by atoms with van der Waals surface area (Å²) in [5.41, 5.74) is 1.75. The summed E-state index contributed by atoms with van der Waals surface area (Å²) in [5, 5.41) is 11.5. The predicted octanol–water partition coefficient (Wildman–Crippen LogP) is 3.41. The Bertz CT molecular complexity index is 943. The molecule has 6 nitrogen and oxygen atoms in total. The Hall–Kier alpha value is -1.96. The van der Waals surface area contributed by atoms with E-state index in [1.807, 2.05) is 37.4 Å². The fourth-order valence-electron chi connectivity index (χ4n) is 3.49. The molecule has 0 amide bonds. The number of morpholine rings is 1. The molecule has 2 aromatic carbocycles. The van der Waals surface area contributed by atoms with E-state index in [0.717, 1.165) is 24.3 Å². The van der Waals surface area contributed by atoms with Gasteiger partial charge in [0.1, 0.15) is 18.8 Å². The zero-order chi connectivity index (χ0) is 22.4. The summed E-state index contributed by atoms with van der Waals surface area (Å²) in [6, 6.07) is 12.7. The number of nitrogens with zero attached hydrogens (tertiary/aromatic N) is 1. The lowest BCUT2D eigenvalue weighted by Crippen LogP contribution is -2.76. The molecule has 1 fully saturated rings. The predicted molar refractivity (Wildman–Crippen MR) is 122 cm³/mol. The number of carbonyl (C=O) groups is 1. The first-order valence-corrected chi connectivity index (χ1v) is 11.0. The fourth-order valence-corrected chi connectivity index (χ4v) is 3.98. The van der Waals surface area contributed by atoms with Crippen LogP contribution in [0.1, 0.15) is 25.0 Å². The molecule has 1 saturated heterocycles. The monoisotopic (exact) mass is 464 g/mol. The number of nitrogens with one attached hydrogen (secondary N) is 1. The van der Waals surface area contributed by atoms with Crippen molar-refractivity contribution >= 4 is 40.6 Å². The zero-order valence-electron chi connectivity index (χ0n) is 17.8. The average Bonchev–Trinajstić information content (AvgIpc) is 2.77. The lowest BCUT2D eigenvalue weighted by molar-refractivity contribution is -0.588. The van der Waals surface area contributed by atoms with Crippen molar-refractivity contribution in [1.29, 1.82) is 5.41 Å². The zero-order valence-corrected chi connectivity index (χ0v) is 19.3. The highest BCUT2D eigenvalue weighted by molar-refractivity contribution is 6.42. The maximum atomic E-state index is 12.7. The molecule has 0 spiro atoms. The minimum Gasteiger partial charge on any atom is -0.459 e. The molecule has 1 heterocycles. The van der Waals surface area contributed by atoms with Gasteiger partial charge in [0.25, 0.3) is 0 Å². The second-order valence-corrected chi connectivity index (χ2v) is 8.94. The summed E-state index contributed by atoms with van der Waals surface area (Å²) in [4.78, 5) is 14.9. The number of hydrogen-bond donors (Lipinski definition) is 2. The van der Waals surface area contributed by atoms with Crippen LogP contribution < -0.4 is 5.32 Å². The van der Waals surface area contributed by atoms with Gasteiger partial charge in [0.2, 0.25) is 0 Å². The number of ether oxygens (including phenoxy) is 2. The van der Waals surface area contributed by atoms with Crippen LogP contribution in [0.2, 0.25) is 10.0 Å². The van der Waals surface area contributed by atoms with Crippen LogP contribution >= 0.6 is 23.2 Å². The molecule has 0 radical (unpaired) electrons. The Morgan fingerprint density at radius 1 is 1.19 bits per heavy atom. The van der Waals surface area contributed by atoms with Crippen molar-refractivity contribution in [3.63, 3.8) is 0 Å². The van der Waals surface area contributed by atoms with E-state index in [0.29, 0.717) is 35.4 Å². The van der Waals surface area contributed by atoms with Crippen molar-refractivity contribution in [2.24, 2.45) is 0 Å². The van der Waals surface area contributed by atoms with E-state index < -0.39 is 5.97 Å². The molecular weight excluding hydrogens is 437 g/mol. The van der Waals surface area contributed by atoms with E-state index in [2.05, 4.69) is 4.90 Å². The smallest absolute Gasteiger partial charge is 0.357 e. The van der Waals surface area contributed by atoms with E-state index in [-0.39, 0.29) is 17.9 Å². The van der Waals surface area contributed by atoms with Gasteiger partial charge in [0.15, 0.2) is 5.71 Å². The van der Waals surface area contributed by atoms with Crippen LogP contribution in [-0.4, -0.2) is 55.0 Å². The molecule has 166 valence electrons. The summed E-state index contributed by atoms with van der Waals surface area (Å²) in [5.74, 6) is -0.633. The molecule has 8 heteroatoms. The van der Waals surface area contributed by atoms with Gasteiger partial charge in [-0.3, -0.25) is 10.3 Å². The van der Waals surface area contributed by atoms with E-state index in [1.165, 1.54) is 0 Å². The third kappa shape index (κ3) is 6.28. The second-order valence-electron chi connectivity index (χ2n) is 8.09. The Morgan fingerprint density at radius 3 is 2.61 bits per heavy atom. The van der Waals surface area contributed by atoms with Gasteiger partial charge in [-0.1, -0.05) is 41.4 Å². The molecule has 1 aliphatic heterocycles. The standard InChI is InChI=1S/C23H27Cl2N3O3/c1-23(2,28-9-11-30-12-10-28)15-31-22(29)21(26)18-5-3-4-6-20(18)27-14-16-7-8-17(24)13-19(16)25/h3-8,13,26-27H,9-12,14-15H2,1-2H3/p+1. The number of hydrogen-bond acceptors (Lipinski definition) is 5. The van der Waals surface area contributed by atoms with Crippen molar-refractivity contribution in [3.8, 4) is 0 Å². The van der Waals surface area contributed by atoms with Gasteiger partial charge < -0.3 is 14.8 Å². The first-order chi connectivity index (χ1) is 14.8. The van der Waals surface area contributed by atoms with Gasteiger partial charge >= 0.3 is 5.97 Å². The highest BCUT2D eigenvalue weighted by atomic mass is 35.5. The van der Waals surface area contributed by atoms with Gasteiger partial charge in [-0.05, 0) is 38.1 Å². The molecule has 3 N–H and O–H groups in total. The highest BCUT2D eigenvalue weighted by Gasteiger charge is 2.30. The summed E-state index contributed by atoms with van der Waals surface area (Å²) < 4.78 is 10.9. The topological polar surface area (TPSA) is 79.2 Å². The van der Waals surface area contributed by atoms with E-state index in [4.69, 9.17) is 38.1 Å². The lowest BCUT2D eigenvalue weighted by Gasteiger charge is -2.40. The van der Waals surface area contributed by atoms with Gasteiger partial charge in [-0.25, -0.2) is 4.79 Å². The van der Waals surface area contributed by atoms with E-state index >= 15 is 0 Å². The van der Waals surface area contributed by atoms with Crippen LogP contribution in [-0.2, 0) is 20.8 Å². The van der Waals surface area contributed by atoms with Crippen LogP contribution in [0, 0.1) is 5.41 Å². The molecular formula is C23H28Cl2N3O3+. The number of benzene rings is 2. The fraction of sp³-hybridized carbons (Fsp3) is 0.391. The molecule has 0 aliphatic carbocycles. The number of rotatable bonds is 8. The van der Waals surface area contributed by atoms with Crippen molar-refractivity contribution in [1.82, 2.24) is 4.90 Å². The van der Waals surface area contributed by atoms with Gasteiger partial charge in [-0.15, -0.1) is 0 Å². The maximum absolute atomic E-state index is 12.7. The third-order valence-electron chi connectivity index (χ3n) is 5.41. The van der Waals surface area contributed by atoms with Crippen molar-refractivity contribution in [3.05, 3.63) is 63.6 Å². The van der Waals surface area contributed by atoms with Crippen molar-refractivity contribution < 1.29 is 19.6 Å². The molecule has 3 rings (SSSR count). The van der Waals surface area contributed by atoms with Gasteiger partial charge in [0.05, 0.1) is 23.8 Å². The van der Waals surface area contributed by atoms with Crippen molar-refractivity contribution in [2.45, 2.75) is 25.9 Å². The number of carbonyl (C=O) groups excluding carboxylic acids is 1. The maximum Gasteiger partial charge on any atom is 0.357 e. The van der Waals surface area contributed by atoms with Crippen LogP contribution in [0.5, 0.6) is 0 Å². The van der Waals surface area contributed by atoms with Crippen LogP contribution in [0.25, 0.3) is 0 Å². The molecule has 1 aliphatic rings. The largest absolute Gasteiger partial charge is 0.459 e. The van der Waals surface area contributed by atoms with Crippen molar-refractivity contribution in [2.75, 3.05) is 32.9 Å². The Balaban J connectivity index is 1.63. The summed E-state index contributed by atoms with van der Waals surface area (Å²) in [6.45, 7) is 7.78. The molecule has 0 unspecified atom stereocenters. The quantitative estimate of drug-likeness (QED) is 0.356. The Morgan fingerprint density at radius 2 is 1.90 bits per heavy atom. The molecule has 0 bridgehead atoms. The third-order valence-corrected chi connectivity index (χ3v) is 6.00. The second kappa shape index (κ2) is 10.6. The highest BCUT2D eigenvalue weighted by Crippen LogP contribution is 2.21. The molecule has 2 aromatic rings. The van der Waals surface area contributed by atoms with Crippen LogP contribution in [0.3, 0.4) is 0 Å². The van der Waals surface area contributed by atoms with Crippen LogP contribution in [0.4, 0.5) is 5.69 Å². The number of halogens is 2. The average molecular weight is 465 g/mol. The lowest BCUT2D eigenvalue weighted by atomic mass is 10.0. The first-order valence-electron chi connectivity index (χ1n) is 10.2. The molecule has 0 atom stereocenters. The van der Waals surface area contributed by atoms with Crippen LogP contribution in [0.15, 0.2) is 42.5 Å². The van der Waals surface area contributed by atoms with E-state index in [9.17, 15) is 4.79 Å². The SMILES string of the molecule is CC(C)(COC(=O)C(=N)c1ccccc1[NH2+]Cc1ccc(Cl)cc1Cl)N1CCOCC1. The Kier molecular flexibility index (Phi) is 8.08. The summed E-state index contributed by atoms with van der Waals surface area (Å²) >= 11 is 12.2. The molecule has 0 saturated carbocycles. The van der Waals surface area contributed by atoms with Gasteiger partial charge in [-0.2, -0.15) is 0 Å². The first kappa shape index (κ1) is 23.7. The molecule has 31 heavy (non-hydrogen) atoms. The minimum atomic E-state index is -0.633. The number of nitrogens with two attached hydrogens (primary N) is 1. The Labute approximate surface area is 192 Å².